The van der Waals surface area contributed by atoms with Crippen LogP contribution in [-0.2, 0) is 0 Å². The first-order valence-corrected chi connectivity index (χ1v) is 8.77. The van der Waals surface area contributed by atoms with Gasteiger partial charge in [-0.25, -0.2) is 23.7 Å². The highest BCUT2D eigenvalue weighted by atomic mass is 19.1. The Hall–Kier alpha value is -4.06. The molecular weight excluding hydrogens is 376 g/mol. The first-order chi connectivity index (χ1) is 14.1. The zero-order chi connectivity index (χ0) is 20.2. The second-order valence-electron chi connectivity index (χ2n) is 6.15. The summed E-state index contributed by atoms with van der Waals surface area (Å²) in [7, 11) is 0. The van der Waals surface area contributed by atoms with E-state index in [4.69, 9.17) is 5.26 Å². The average Bonchev–Trinajstić information content (AvgIpc) is 3.22. The smallest absolute Gasteiger partial charge is 0.180 e. The van der Waals surface area contributed by atoms with Crippen molar-refractivity contribution in [1.82, 2.24) is 19.4 Å². The van der Waals surface area contributed by atoms with Crippen LogP contribution in [0.15, 0.2) is 55.1 Å². The van der Waals surface area contributed by atoms with Gasteiger partial charge in [0.15, 0.2) is 11.5 Å². The summed E-state index contributed by atoms with van der Waals surface area (Å²) in [4.78, 5) is 12.8. The summed E-state index contributed by atoms with van der Waals surface area (Å²) in [6.07, 6.45) is 6.40. The summed E-state index contributed by atoms with van der Waals surface area (Å²) in [6, 6.07) is 8.66. The molecular formula is C20H15F2N7. The summed E-state index contributed by atoms with van der Waals surface area (Å²) >= 11 is 0. The van der Waals surface area contributed by atoms with Gasteiger partial charge >= 0.3 is 0 Å². The molecule has 0 spiro atoms. The largest absolute Gasteiger partial charge is 0.368 e. The average molecular weight is 391 g/mol. The first-order valence-electron chi connectivity index (χ1n) is 8.77. The van der Waals surface area contributed by atoms with Crippen LogP contribution < -0.4 is 10.6 Å². The number of anilines is 2. The summed E-state index contributed by atoms with van der Waals surface area (Å²) in [5.41, 5.74) is 1.42. The zero-order valence-corrected chi connectivity index (χ0v) is 15.1. The summed E-state index contributed by atoms with van der Waals surface area (Å²) in [5, 5.41) is 15.1. The number of hydrogen-bond donors (Lipinski definition) is 2. The molecule has 0 aliphatic heterocycles. The number of rotatable bonds is 6. The van der Waals surface area contributed by atoms with Crippen molar-refractivity contribution in [2.45, 2.75) is 0 Å². The number of benzene rings is 1. The highest BCUT2D eigenvalue weighted by Crippen LogP contribution is 2.25. The minimum Gasteiger partial charge on any atom is -0.368 e. The van der Waals surface area contributed by atoms with Crippen molar-refractivity contribution in [3.05, 3.63) is 72.3 Å². The van der Waals surface area contributed by atoms with E-state index in [1.165, 1.54) is 6.20 Å². The Morgan fingerprint density at radius 2 is 1.93 bits per heavy atom. The molecule has 4 rings (SSSR count). The van der Waals surface area contributed by atoms with Gasteiger partial charge < -0.3 is 15.0 Å². The third-order valence-electron chi connectivity index (χ3n) is 4.19. The predicted molar refractivity (Wildman–Crippen MR) is 104 cm³/mol. The van der Waals surface area contributed by atoms with Gasteiger partial charge in [-0.3, -0.25) is 0 Å². The lowest BCUT2D eigenvalue weighted by Gasteiger charge is -2.11. The Morgan fingerprint density at radius 3 is 2.72 bits per heavy atom. The van der Waals surface area contributed by atoms with Crippen molar-refractivity contribution in [2.75, 3.05) is 23.7 Å². The summed E-state index contributed by atoms with van der Waals surface area (Å²) in [5.74, 6) is -0.00789. The van der Waals surface area contributed by atoms with Crippen LogP contribution in [0, 0.1) is 23.0 Å². The Bertz CT molecular complexity index is 1200. The second kappa shape index (κ2) is 7.90. The van der Waals surface area contributed by atoms with E-state index in [2.05, 4.69) is 25.6 Å². The molecule has 3 aromatic heterocycles. The van der Waals surface area contributed by atoms with Gasteiger partial charge in [-0.2, -0.15) is 5.26 Å². The van der Waals surface area contributed by atoms with Crippen LogP contribution in [0.5, 0.6) is 0 Å². The fourth-order valence-corrected chi connectivity index (χ4v) is 2.81. The van der Waals surface area contributed by atoms with Crippen molar-refractivity contribution in [3.8, 4) is 17.3 Å². The van der Waals surface area contributed by atoms with Gasteiger partial charge in [-0.1, -0.05) is 0 Å². The fourth-order valence-electron chi connectivity index (χ4n) is 2.81. The van der Waals surface area contributed by atoms with E-state index in [0.717, 1.165) is 18.2 Å². The molecule has 0 saturated heterocycles. The molecule has 7 nitrogen and oxygen atoms in total. The Labute approximate surface area is 164 Å². The number of nitrogens with one attached hydrogen (secondary N) is 2. The monoisotopic (exact) mass is 391 g/mol. The van der Waals surface area contributed by atoms with E-state index >= 15 is 0 Å². The standard InChI is InChI=1S/C20H15F2N7/c21-14-2-3-16(22)15(9-14)17-12-29-8-7-26-20(29)19(28-17)25-6-5-24-18-4-1-13(10-23)11-27-18/h1-4,7-9,11-12H,5-6H2,(H,24,27)(H,25,28). The van der Waals surface area contributed by atoms with Crippen LogP contribution in [0.4, 0.5) is 20.4 Å². The molecule has 0 radical (unpaired) electrons. The molecule has 0 bridgehead atoms. The van der Waals surface area contributed by atoms with E-state index in [1.807, 2.05) is 6.07 Å². The van der Waals surface area contributed by atoms with Crippen LogP contribution in [-0.4, -0.2) is 32.4 Å². The lowest BCUT2D eigenvalue weighted by atomic mass is 10.1. The predicted octanol–water partition coefficient (Wildman–Crippen LogP) is 3.47. The van der Waals surface area contributed by atoms with Crippen LogP contribution in [0.3, 0.4) is 0 Å². The minimum absolute atomic E-state index is 0.0727. The number of nitrogens with zero attached hydrogens (tertiary/aromatic N) is 5. The Kier molecular flexibility index (Phi) is 4.99. The molecule has 0 amide bonds. The van der Waals surface area contributed by atoms with Crippen molar-refractivity contribution in [3.63, 3.8) is 0 Å². The molecule has 0 saturated carbocycles. The molecule has 9 heteroatoms. The van der Waals surface area contributed by atoms with Gasteiger partial charge in [-0.05, 0) is 30.3 Å². The third kappa shape index (κ3) is 3.96. The molecule has 3 heterocycles. The van der Waals surface area contributed by atoms with E-state index in [0.29, 0.717) is 35.9 Å². The van der Waals surface area contributed by atoms with E-state index in [1.54, 1.807) is 35.1 Å². The number of fused-ring (bicyclic) bond motifs is 1. The van der Waals surface area contributed by atoms with E-state index < -0.39 is 11.6 Å². The molecule has 0 fully saturated rings. The van der Waals surface area contributed by atoms with Crippen LogP contribution in [0.25, 0.3) is 16.9 Å². The molecule has 1 aromatic carbocycles. The lowest BCUT2D eigenvalue weighted by Crippen LogP contribution is -2.16. The van der Waals surface area contributed by atoms with Crippen LogP contribution in [0.1, 0.15) is 5.56 Å². The van der Waals surface area contributed by atoms with E-state index in [9.17, 15) is 8.78 Å². The van der Waals surface area contributed by atoms with Gasteiger partial charge in [0.1, 0.15) is 23.5 Å². The first kappa shape index (κ1) is 18.3. The highest BCUT2D eigenvalue weighted by Gasteiger charge is 2.13. The van der Waals surface area contributed by atoms with Crippen molar-refractivity contribution >= 4 is 17.3 Å². The normalized spacial score (nSPS) is 10.7. The van der Waals surface area contributed by atoms with Crippen molar-refractivity contribution < 1.29 is 8.78 Å². The number of hydrogen-bond acceptors (Lipinski definition) is 6. The molecule has 4 aromatic rings. The molecule has 144 valence electrons. The Balaban J connectivity index is 1.51. The number of imidazole rings is 1. The fraction of sp³-hybridized carbons (Fsp3) is 0.100. The third-order valence-corrected chi connectivity index (χ3v) is 4.19. The lowest BCUT2D eigenvalue weighted by molar-refractivity contribution is 0.602. The van der Waals surface area contributed by atoms with Gasteiger partial charge in [0, 0.05) is 43.4 Å². The second-order valence-corrected chi connectivity index (χ2v) is 6.15. The van der Waals surface area contributed by atoms with Crippen LogP contribution >= 0.6 is 0 Å². The van der Waals surface area contributed by atoms with Crippen LogP contribution in [0.2, 0.25) is 0 Å². The molecule has 0 atom stereocenters. The van der Waals surface area contributed by atoms with Crippen molar-refractivity contribution in [1.29, 1.82) is 5.26 Å². The molecule has 29 heavy (non-hydrogen) atoms. The molecule has 2 N–H and O–H groups in total. The van der Waals surface area contributed by atoms with Gasteiger partial charge in [0.25, 0.3) is 0 Å². The number of halogens is 2. The SMILES string of the molecule is N#Cc1ccc(NCCNc2nc(-c3cc(F)ccc3F)cn3ccnc23)nc1. The molecule has 0 aliphatic rings. The summed E-state index contributed by atoms with van der Waals surface area (Å²) in [6.45, 7) is 0.998. The minimum atomic E-state index is -0.558. The van der Waals surface area contributed by atoms with Crippen molar-refractivity contribution in [2.24, 2.45) is 0 Å². The number of aromatic nitrogens is 4. The maximum absolute atomic E-state index is 14.2. The highest BCUT2D eigenvalue weighted by molar-refractivity contribution is 5.69. The maximum Gasteiger partial charge on any atom is 0.180 e. The van der Waals surface area contributed by atoms with Gasteiger partial charge in [-0.15, -0.1) is 0 Å². The Morgan fingerprint density at radius 1 is 1.07 bits per heavy atom. The quantitative estimate of drug-likeness (QED) is 0.489. The number of nitriles is 1. The zero-order valence-electron chi connectivity index (χ0n) is 15.1. The van der Waals surface area contributed by atoms with E-state index in [-0.39, 0.29) is 11.3 Å². The number of pyridine rings is 1. The maximum atomic E-state index is 14.2. The summed E-state index contributed by atoms with van der Waals surface area (Å²) < 4.78 is 29.5. The topological polar surface area (TPSA) is 90.9 Å². The molecule has 0 unspecified atom stereocenters. The van der Waals surface area contributed by atoms with Gasteiger partial charge in [0.2, 0.25) is 0 Å². The molecule has 0 aliphatic carbocycles. The van der Waals surface area contributed by atoms with Gasteiger partial charge in [0.05, 0.1) is 11.3 Å².